The third-order valence-electron chi connectivity index (χ3n) is 5.06. The van der Waals surface area contributed by atoms with E-state index in [1.54, 1.807) is 4.90 Å². The summed E-state index contributed by atoms with van der Waals surface area (Å²) in [5, 5.41) is 3.02. The van der Waals surface area contributed by atoms with E-state index in [4.69, 9.17) is 4.74 Å². The van der Waals surface area contributed by atoms with Crippen LogP contribution in [0.15, 0.2) is 54.6 Å². The van der Waals surface area contributed by atoms with Gasteiger partial charge in [0, 0.05) is 12.1 Å². The highest BCUT2D eigenvalue weighted by Crippen LogP contribution is 2.15. The number of nitrogens with zero attached hydrogens (tertiary/aromatic N) is 1. The Balaban J connectivity index is 2.13. The molecule has 0 aromatic heterocycles. The SMILES string of the molecule is CCc1ccc(OCC(=O)N(CCc2ccccc2)[C@H](CC)C(=O)NC(C)(C)C)cc1. The van der Waals surface area contributed by atoms with E-state index in [0.717, 1.165) is 12.0 Å². The van der Waals surface area contributed by atoms with Gasteiger partial charge in [-0.1, -0.05) is 56.3 Å². The molecule has 168 valence electrons. The fourth-order valence-electron chi connectivity index (χ4n) is 3.40. The Morgan fingerprint density at radius 3 is 2.16 bits per heavy atom. The number of benzene rings is 2. The molecular weight excluding hydrogens is 388 g/mol. The van der Waals surface area contributed by atoms with Gasteiger partial charge in [-0.05, 0) is 63.3 Å². The minimum absolute atomic E-state index is 0.0977. The maximum absolute atomic E-state index is 13.2. The van der Waals surface area contributed by atoms with Gasteiger partial charge in [0.1, 0.15) is 11.8 Å². The van der Waals surface area contributed by atoms with Crippen molar-refractivity contribution in [3.05, 3.63) is 65.7 Å². The van der Waals surface area contributed by atoms with Gasteiger partial charge in [0.2, 0.25) is 5.91 Å². The number of carbonyl (C=O) groups is 2. The van der Waals surface area contributed by atoms with E-state index in [1.807, 2.05) is 82.3 Å². The number of hydrogen-bond donors (Lipinski definition) is 1. The lowest BCUT2D eigenvalue weighted by Crippen LogP contribution is -2.54. The lowest BCUT2D eigenvalue weighted by molar-refractivity contribution is -0.142. The summed E-state index contributed by atoms with van der Waals surface area (Å²) < 4.78 is 5.75. The van der Waals surface area contributed by atoms with Crippen molar-refractivity contribution >= 4 is 11.8 Å². The van der Waals surface area contributed by atoms with Crippen molar-refractivity contribution in [3.63, 3.8) is 0 Å². The van der Waals surface area contributed by atoms with Crippen LogP contribution in [0, 0.1) is 0 Å². The fraction of sp³-hybridized carbons (Fsp3) is 0.462. The molecule has 0 unspecified atom stereocenters. The summed E-state index contributed by atoms with van der Waals surface area (Å²) in [5.41, 5.74) is 1.98. The van der Waals surface area contributed by atoms with Crippen LogP contribution in [0.3, 0.4) is 0 Å². The summed E-state index contributed by atoms with van der Waals surface area (Å²) in [6, 6.07) is 17.2. The first-order valence-electron chi connectivity index (χ1n) is 11.1. The Kier molecular flexibility index (Phi) is 9.10. The zero-order valence-corrected chi connectivity index (χ0v) is 19.5. The summed E-state index contributed by atoms with van der Waals surface area (Å²) in [6.45, 7) is 10.2. The molecule has 0 aliphatic rings. The predicted molar refractivity (Wildman–Crippen MR) is 125 cm³/mol. The summed E-state index contributed by atoms with van der Waals surface area (Å²) >= 11 is 0. The molecule has 2 aromatic carbocycles. The Morgan fingerprint density at radius 1 is 0.968 bits per heavy atom. The van der Waals surface area contributed by atoms with Crippen LogP contribution in [0.5, 0.6) is 5.75 Å². The van der Waals surface area contributed by atoms with E-state index in [0.29, 0.717) is 25.1 Å². The molecule has 0 saturated carbocycles. The first-order valence-corrected chi connectivity index (χ1v) is 11.1. The van der Waals surface area contributed by atoms with Crippen molar-refractivity contribution in [1.29, 1.82) is 0 Å². The standard InChI is InChI=1S/C26H36N2O3/c1-6-20-13-15-22(16-14-20)31-19-24(29)28(18-17-21-11-9-8-10-12-21)23(7-2)25(30)27-26(3,4)5/h8-16,23H,6-7,17-19H2,1-5H3,(H,27,30)/t23-/m1/s1. The molecule has 0 bridgehead atoms. The second-order valence-corrected chi connectivity index (χ2v) is 8.77. The van der Waals surface area contributed by atoms with Crippen LogP contribution in [0.1, 0.15) is 52.2 Å². The van der Waals surface area contributed by atoms with Gasteiger partial charge < -0.3 is 15.0 Å². The Hall–Kier alpha value is -2.82. The van der Waals surface area contributed by atoms with Gasteiger partial charge in [0.25, 0.3) is 5.91 Å². The van der Waals surface area contributed by atoms with Crippen LogP contribution in [0.4, 0.5) is 0 Å². The smallest absolute Gasteiger partial charge is 0.261 e. The molecule has 2 amide bonds. The zero-order valence-electron chi connectivity index (χ0n) is 19.5. The van der Waals surface area contributed by atoms with E-state index in [9.17, 15) is 9.59 Å². The summed E-state index contributed by atoms with van der Waals surface area (Å²) in [5.74, 6) is 0.330. The van der Waals surface area contributed by atoms with Crippen LogP contribution in [0.25, 0.3) is 0 Å². The Labute approximate surface area is 186 Å². The first-order chi connectivity index (χ1) is 14.7. The molecule has 2 rings (SSSR count). The van der Waals surface area contributed by atoms with Crippen molar-refractivity contribution in [2.75, 3.05) is 13.2 Å². The molecule has 0 radical (unpaired) electrons. The third-order valence-corrected chi connectivity index (χ3v) is 5.06. The van der Waals surface area contributed by atoms with Crippen molar-refractivity contribution in [2.24, 2.45) is 0 Å². The minimum atomic E-state index is -0.540. The normalized spacial score (nSPS) is 12.2. The molecule has 0 saturated heterocycles. The quantitative estimate of drug-likeness (QED) is 0.615. The maximum Gasteiger partial charge on any atom is 0.261 e. The number of ether oxygens (including phenoxy) is 1. The largest absolute Gasteiger partial charge is 0.484 e. The van der Waals surface area contributed by atoms with Gasteiger partial charge in [-0.25, -0.2) is 0 Å². The van der Waals surface area contributed by atoms with Crippen molar-refractivity contribution in [2.45, 2.75) is 65.5 Å². The van der Waals surface area contributed by atoms with Gasteiger partial charge in [0.05, 0.1) is 0 Å². The lowest BCUT2D eigenvalue weighted by Gasteiger charge is -2.33. The van der Waals surface area contributed by atoms with E-state index >= 15 is 0 Å². The Morgan fingerprint density at radius 2 is 1.61 bits per heavy atom. The van der Waals surface area contributed by atoms with Crippen LogP contribution >= 0.6 is 0 Å². The van der Waals surface area contributed by atoms with Crippen molar-refractivity contribution in [3.8, 4) is 5.75 Å². The predicted octanol–water partition coefficient (Wildman–Crippen LogP) is 4.39. The van der Waals surface area contributed by atoms with E-state index in [-0.39, 0.29) is 24.0 Å². The second kappa shape index (κ2) is 11.5. The highest BCUT2D eigenvalue weighted by Gasteiger charge is 2.30. The van der Waals surface area contributed by atoms with Crippen molar-refractivity contribution in [1.82, 2.24) is 10.2 Å². The summed E-state index contributed by atoms with van der Waals surface area (Å²) in [6.07, 6.45) is 2.16. The van der Waals surface area contributed by atoms with Gasteiger partial charge in [-0.2, -0.15) is 0 Å². The number of aryl methyl sites for hydroxylation is 1. The monoisotopic (exact) mass is 424 g/mol. The average Bonchev–Trinajstić information content (AvgIpc) is 2.74. The van der Waals surface area contributed by atoms with Gasteiger partial charge in [0.15, 0.2) is 6.61 Å². The lowest BCUT2D eigenvalue weighted by atomic mass is 10.1. The molecule has 2 aromatic rings. The molecule has 0 heterocycles. The van der Waals surface area contributed by atoms with Crippen LogP contribution in [-0.2, 0) is 22.4 Å². The Bertz CT molecular complexity index is 826. The number of carbonyl (C=O) groups excluding carboxylic acids is 2. The summed E-state index contributed by atoms with van der Waals surface area (Å²) in [7, 11) is 0. The minimum Gasteiger partial charge on any atom is -0.484 e. The number of hydrogen-bond acceptors (Lipinski definition) is 3. The molecule has 1 atom stereocenters. The molecule has 0 spiro atoms. The number of nitrogens with one attached hydrogen (secondary N) is 1. The van der Waals surface area contributed by atoms with Gasteiger partial charge in [-0.3, -0.25) is 9.59 Å². The van der Waals surface area contributed by atoms with E-state index < -0.39 is 6.04 Å². The van der Waals surface area contributed by atoms with Crippen LogP contribution in [-0.4, -0.2) is 41.4 Å². The van der Waals surface area contributed by atoms with Crippen molar-refractivity contribution < 1.29 is 14.3 Å². The van der Waals surface area contributed by atoms with Crippen LogP contribution in [0.2, 0.25) is 0 Å². The second-order valence-electron chi connectivity index (χ2n) is 8.77. The highest BCUT2D eigenvalue weighted by molar-refractivity contribution is 5.88. The first kappa shape index (κ1) is 24.4. The molecule has 5 heteroatoms. The van der Waals surface area contributed by atoms with Crippen LogP contribution < -0.4 is 10.1 Å². The average molecular weight is 425 g/mol. The molecule has 0 fully saturated rings. The molecule has 0 aliphatic carbocycles. The fourth-order valence-corrected chi connectivity index (χ4v) is 3.40. The highest BCUT2D eigenvalue weighted by atomic mass is 16.5. The molecule has 0 aliphatic heterocycles. The molecule has 1 N–H and O–H groups in total. The number of rotatable bonds is 10. The van der Waals surface area contributed by atoms with Gasteiger partial charge >= 0.3 is 0 Å². The molecular formula is C26H36N2O3. The van der Waals surface area contributed by atoms with Gasteiger partial charge in [-0.15, -0.1) is 0 Å². The topological polar surface area (TPSA) is 58.6 Å². The maximum atomic E-state index is 13.2. The van der Waals surface area contributed by atoms with E-state index in [1.165, 1.54) is 5.56 Å². The molecule has 5 nitrogen and oxygen atoms in total. The zero-order chi connectivity index (χ0) is 22.9. The molecule has 31 heavy (non-hydrogen) atoms. The number of amides is 2. The van der Waals surface area contributed by atoms with E-state index in [2.05, 4.69) is 12.2 Å². The third kappa shape index (κ3) is 8.08. The summed E-state index contributed by atoms with van der Waals surface area (Å²) in [4.78, 5) is 27.8.